The van der Waals surface area contributed by atoms with E-state index in [1.807, 2.05) is 13.8 Å². The molecule has 0 radical (unpaired) electrons. The van der Waals surface area contributed by atoms with Crippen molar-refractivity contribution in [2.75, 3.05) is 6.54 Å². The molecule has 2 N–H and O–H groups in total. The molecule has 1 aromatic rings. The first-order valence-corrected chi connectivity index (χ1v) is 6.50. The molecular formula is C15H25NO. The molecule has 0 spiro atoms. The van der Waals surface area contributed by atoms with E-state index < -0.39 is 5.60 Å². The summed E-state index contributed by atoms with van der Waals surface area (Å²) in [4.78, 5) is 0. The maximum absolute atomic E-state index is 10.2. The Balaban J connectivity index is 2.53. The Morgan fingerprint density at radius 2 is 1.82 bits per heavy atom. The lowest BCUT2D eigenvalue weighted by Crippen LogP contribution is -2.39. The van der Waals surface area contributed by atoms with Gasteiger partial charge in [0.05, 0.1) is 5.60 Å². The van der Waals surface area contributed by atoms with Crippen molar-refractivity contribution in [2.24, 2.45) is 0 Å². The summed E-state index contributed by atoms with van der Waals surface area (Å²) in [6.07, 6.45) is 1.59. The maximum atomic E-state index is 10.2. The van der Waals surface area contributed by atoms with E-state index in [0.29, 0.717) is 6.54 Å². The highest BCUT2D eigenvalue weighted by atomic mass is 16.3. The minimum Gasteiger partial charge on any atom is -0.389 e. The fourth-order valence-corrected chi connectivity index (χ4v) is 1.92. The first kappa shape index (κ1) is 14.2. The largest absolute Gasteiger partial charge is 0.389 e. The van der Waals surface area contributed by atoms with Crippen LogP contribution in [0.1, 0.15) is 43.4 Å². The zero-order chi connectivity index (χ0) is 12.9. The highest BCUT2D eigenvalue weighted by Gasteiger charge is 2.21. The summed E-state index contributed by atoms with van der Waals surface area (Å²) < 4.78 is 0. The van der Waals surface area contributed by atoms with Gasteiger partial charge >= 0.3 is 0 Å². The van der Waals surface area contributed by atoms with Gasteiger partial charge in [-0.25, -0.2) is 0 Å². The highest BCUT2D eigenvalue weighted by Crippen LogP contribution is 2.14. The second-order valence-electron chi connectivity index (χ2n) is 4.96. The molecule has 96 valence electrons. The molecule has 0 aliphatic heterocycles. The lowest BCUT2D eigenvalue weighted by Gasteiger charge is -2.25. The zero-order valence-electron chi connectivity index (χ0n) is 11.5. The third-order valence-corrected chi connectivity index (χ3v) is 3.59. The van der Waals surface area contributed by atoms with Gasteiger partial charge in [-0.1, -0.05) is 37.6 Å². The van der Waals surface area contributed by atoms with Crippen LogP contribution in [0, 0.1) is 13.8 Å². The molecule has 0 atom stereocenters. The molecular weight excluding hydrogens is 210 g/mol. The topological polar surface area (TPSA) is 32.3 Å². The Bertz CT molecular complexity index is 356. The van der Waals surface area contributed by atoms with Gasteiger partial charge in [0.15, 0.2) is 0 Å². The van der Waals surface area contributed by atoms with Gasteiger partial charge in [0.2, 0.25) is 0 Å². The SMILES string of the molecule is CCC(O)(CC)CNCc1cc(C)ccc1C. The van der Waals surface area contributed by atoms with Gasteiger partial charge in [-0.05, 0) is 37.8 Å². The third kappa shape index (κ3) is 4.14. The van der Waals surface area contributed by atoms with Crippen LogP contribution in [0.5, 0.6) is 0 Å². The Morgan fingerprint density at radius 3 is 2.41 bits per heavy atom. The number of aliphatic hydroxyl groups is 1. The monoisotopic (exact) mass is 235 g/mol. The van der Waals surface area contributed by atoms with Crippen LogP contribution in [-0.2, 0) is 6.54 Å². The molecule has 1 rings (SSSR count). The van der Waals surface area contributed by atoms with E-state index in [2.05, 4.69) is 37.4 Å². The molecule has 0 amide bonds. The van der Waals surface area contributed by atoms with E-state index in [-0.39, 0.29) is 0 Å². The number of hydrogen-bond donors (Lipinski definition) is 2. The van der Waals surface area contributed by atoms with Crippen molar-refractivity contribution in [1.82, 2.24) is 5.32 Å². The van der Waals surface area contributed by atoms with Gasteiger partial charge in [0.1, 0.15) is 0 Å². The summed E-state index contributed by atoms with van der Waals surface area (Å²) in [5.74, 6) is 0. The summed E-state index contributed by atoms with van der Waals surface area (Å²) in [7, 11) is 0. The van der Waals surface area contributed by atoms with E-state index in [1.54, 1.807) is 0 Å². The molecule has 0 aliphatic carbocycles. The van der Waals surface area contributed by atoms with Crippen LogP contribution in [-0.4, -0.2) is 17.3 Å². The summed E-state index contributed by atoms with van der Waals surface area (Å²) in [6.45, 7) is 9.79. The fraction of sp³-hybridized carbons (Fsp3) is 0.600. The molecule has 0 aromatic heterocycles. The molecule has 2 nitrogen and oxygen atoms in total. The van der Waals surface area contributed by atoms with Crippen molar-refractivity contribution in [3.05, 3.63) is 34.9 Å². The van der Waals surface area contributed by atoms with Crippen molar-refractivity contribution in [2.45, 2.75) is 52.7 Å². The lowest BCUT2D eigenvalue weighted by molar-refractivity contribution is 0.0323. The van der Waals surface area contributed by atoms with E-state index in [0.717, 1.165) is 19.4 Å². The van der Waals surface area contributed by atoms with Crippen molar-refractivity contribution >= 4 is 0 Å². The number of aryl methyl sites for hydroxylation is 2. The summed E-state index contributed by atoms with van der Waals surface area (Å²) in [6, 6.07) is 6.49. The first-order valence-electron chi connectivity index (χ1n) is 6.50. The molecule has 2 heteroatoms. The van der Waals surface area contributed by atoms with Crippen molar-refractivity contribution < 1.29 is 5.11 Å². The van der Waals surface area contributed by atoms with Gasteiger partial charge in [0, 0.05) is 13.1 Å². The second kappa shape index (κ2) is 6.18. The van der Waals surface area contributed by atoms with E-state index in [9.17, 15) is 5.11 Å². The van der Waals surface area contributed by atoms with Crippen LogP contribution in [0.4, 0.5) is 0 Å². The standard InChI is InChI=1S/C15H25NO/c1-5-15(17,6-2)11-16-10-14-9-12(3)7-8-13(14)4/h7-9,16-17H,5-6,10-11H2,1-4H3. The summed E-state index contributed by atoms with van der Waals surface area (Å²) >= 11 is 0. The molecule has 0 saturated heterocycles. The molecule has 17 heavy (non-hydrogen) atoms. The average Bonchev–Trinajstić information content (AvgIpc) is 2.33. The third-order valence-electron chi connectivity index (χ3n) is 3.59. The Labute approximate surface area is 105 Å². The van der Waals surface area contributed by atoms with Gasteiger partial charge in [-0.3, -0.25) is 0 Å². The van der Waals surface area contributed by atoms with Crippen LogP contribution in [0.3, 0.4) is 0 Å². The normalized spacial score (nSPS) is 11.8. The van der Waals surface area contributed by atoms with E-state index >= 15 is 0 Å². The van der Waals surface area contributed by atoms with Gasteiger partial charge < -0.3 is 10.4 Å². The van der Waals surface area contributed by atoms with Crippen LogP contribution in [0.25, 0.3) is 0 Å². The number of nitrogens with one attached hydrogen (secondary N) is 1. The van der Waals surface area contributed by atoms with E-state index in [1.165, 1.54) is 16.7 Å². The fourth-order valence-electron chi connectivity index (χ4n) is 1.92. The van der Waals surface area contributed by atoms with Crippen LogP contribution in [0.15, 0.2) is 18.2 Å². The molecule has 1 aromatic carbocycles. The number of benzene rings is 1. The number of rotatable bonds is 6. The lowest BCUT2D eigenvalue weighted by atomic mass is 9.97. The first-order chi connectivity index (χ1) is 8.00. The summed E-state index contributed by atoms with van der Waals surface area (Å²) in [5.41, 5.74) is 3.35. The van der Waals surface area contributed by atoms with Crippen LogP contribution in [0.2, 0.25) is 0 Å². The maximum Gasteiger partial charge on any atom is 0.0766 e. The Kier molecular flexibility index (Phi) is 5.16. The van der Waals surface area contributed by atoms with Crippen molar-refractivity contribution in [3.8, 4) is 0 Å². The quantitative estimate of drug-likeness (QED) is 0.794. The minimum absolute atomic E-state index is 0.558. The zero-order valence-corrected chi connectivity index (χ0v) is 11.5. The van der Waals surface area contributed by atoms with Crippen molar-refractivity contribution in [1.29, 1.82) is 0 Å². The second-order valence-corrected chi connectivity index (χ2v) is 4.96. The van der Waals surface area contributed by atoms with E-state index in [4.69, 9.17) is 0 Å². The highest BCUT2D eigenvalue weighted by molar-refractivity contribution is 5.30. The molecule has 0 unspecified atom stereocenters. The molecule has 0 saturated carbocycles. The predicted octanol–water partition coefficient (Wildman–Crippen LogP) is 2.94. The van der Waals surface area contributed by atoms with Crippen LogP contribution < -0.4 is 5.32 Å². The Hall–Kier alpha value is -0.860. The van der Waals surface area contributed by atoms with Gasteiger partial charge in [-0.2, -0.15) is 0 Å². The average molecular weight is 235 g/mol. The molecule has 0 heterocycles. The summed E-state index contributed by atoms with van der Waals surface area (Å²) in [5, 5.41) is 13.5. The smallest absolute Gasteiger partial charge is 0.0766 e. The van der Waals surface area contributed by atoms with Crippen LogP contribution >= 0.6 is 0 Å². The van der Waals surface area contributed by atoms with Crippen molar-refractivity contribution in [3.63, 3.8) is 0 Å². The number of hydrogen-bond acceptors (Lipinski definition) is 2. The van der Waals surface area contributed by atoms with Gasteiger partial charge in [0.25, 0.3) is 0 Å². The molecule has 0 fully saturated rings. The van der Waals surface area contributed by atoms with Gasteiger partial charge in [-0.15, -0.1) is 0 Å². The molecule has 0 aliphatic rings. The predicted molar refractivity (Wildman–Crippen MR) is 73.2 cm³/mol. The Morgan fingerprint density at radius 1 is 1.18 bits per heavy atom. The molecule has 0 bridgehead atoms. The minimum atomic E-state index is -0.558.